The molecule has 0 bridgehead atoms. The van der Waals surface area contributed by atoms with Crippen LogP contribution >= 0.6 is 0 Å². The van der Waals surface area contributed by atoms with Crippen LogP contribution in [0, 0.1) is 0 Å². The van der Waals surface area contributed by atoms with Crippen LogP contribution in [-0.4, -0.2) is 32.3 Å². The second-order valence-corrected chi connectivity index (χ2v) is 4.53. The smallest absolute Gasteiger partial charge is 0.333 e. The standard InChI is InChI=1S/C12H12N2O3/c15-10(11(16)17)12(3-4-12)7-1-2-8-9(5-7)14-6-13-8/h1-2,5-6,10,15H,3-4H2,(H,13,14)(H,16,17). The van der Waals surface area contributed by atoms with Crippen molar-refractivity contribution < 1.29 is 15.0 Å². The zero-order chi connectivity index (χ0) is 12.0. The molecule has 1 saturated carbocycles. The minimum atomic E-state index is -1.33. The first-order valence-electron chi connectivity index (χ1n) is 5.48. The largest absolute Gasteiger partial charge is 0.479 e. The third-order valence-electron chi connectivity index (χ3n) is 3.54. The second kappa shape index (κ2) is 3.30. The summed E-state index contributed by atoms with van der Waals surface area (Å²) in [5.41, 5.74) is 1.97. The van der Waals surface area contributed by atoms with E-state index < -0.39 is 17.5 Å². The van der Waals surface area contributed by atoms with E-state index in [9.17, 15) is 9.90 Å². The average molecular weight is 232 g/mol. The summed E-state index contributed by atoms with van der Waals surface area (Å²) in [6, 6.07) is 5.57. The number of nitrogens with zero attached hydrogens (tertiary/aromatic N) is 1. The topological polar surface area (TPSA) is 86.2 Å². The molecule has 2 aromatic rings. The number of aliphatic hydroxyl groups excluding tert-OH is 1. The number of rotatable bonds is 3. The molecule has 0 spiro atoms. The van der Waals surface area contributed by atoms with E-state index in [-0.39, 0.29) is 0 Å². The van der Waals surface area contributed by atoms with Gasteiger partial charge in [-0.05, 0) is 30.5 Å². The monoisotopic (exact) mass is 232 g/mol. The number of imidazole rings is 1. The molecule has 0 aliphatic heterocycles. The molecule has 0 radical (unpaired) electrons. The second-order valence-electron chi connectivity index (χ2n) is 4.53. The number of aliphatic carboxylic acids is 1. The van der Waals surface area contributed by atoms with E-state index in [1.807, 2.05) is 18.2 Å². The van der Waals surface area contributed by atoms with Crippen molar-refractivity contribution in [2.24, 2.45) is 0 Å². The predicted molar refractivity (Wildman–Crippen MR) is 60.6 cm³/mol. The first-order valence-corrected chi connectivity index (χ1v) is 5.48. The predicted octanol–water partition coefficient (Wildman–Crippen LogP) is 1.04. The maximum atomic E-state index is 10.9. The van der Waals surface area contributed by atoms with E-state index >= 15 is 0 Å². The van der Waals surface area contributed by atoms with Crippen LogP contribution < -0.4 is 0 Å². The van der Waals surface area contributed by atoms with Crippen molar-refractivity contribution in [3.63, 3.8) is 0 Å². The Bertz CT molecular complexity index is 586. The molecule has 1 heterocycles. The highest BCUT2D eigenvalue weighted by Gasteiger charge is 2.53. The SMILES string of the molecule is O=C(O)C(O)C1(c2ccc3nc[nH]c3c2)CC1. The Hall–Kier alpha value is -1.88. The van der Waals surface area contributed by atoms with Gasteiger partial charge in [0.15, 0.2) is 6.10 Å². The lowest BCUT2D eigenvalue weighted by molar-refractivity contribution is -0.148. The lowest BCUT2D eigenvalue weighted by Crippen LogP contribution is -2.33. The lowest BCUT2D eigenvalue weighted by atomic mass is 9.89. The van der Waals surface area contributed by atoms with Gasteiger partial charge in [-0.1, -0.05) is 6.07 Å². The van der Waals surface area contributed by atoms with Crippen molar-refractivity contribution in [3.8, 4) is 0 Å². The number of aromatic amines is 1. The van der Waals surface area contributed by atoms with Gasteiger partial charge >= 0.3 is 5.97 Å². The molecule has 88 valence electrons. The Balaban J connectivity index is 2.06. The van der Waals surface area contributed by atoms with Crippen molar-refractivity contribution in [2.45, 2.75) is 24.4 Å². The molecular weight excluding hydrogens is 220 g/mol. The van der Waals surface area contributed by atoms with Crippen LogP contribution in [0.2, 0.25) is 0 Å². The molecule has 1 unspecified atom stereocenters. The zero-order valence-electron chi connectivity index (χ0n) is 9.05. The number of aliphatic hydroxyl groups is 1. The quantitative estimate of drug-likeness (QED) is 0.738. The van der Waals surface area contributed by atoms with Gasteiger partial charge in [-0.25, -0.2) is 9.78 Å². The molecule has 5 heteroatoms. The fraction of sp³-hybridized carbons (Fsp3) is 0.333. The fourth-order valence-corrected chi connectivity index (χ4v) is 2.34. The molecule has 1 aliphatic carbocycles. The molecule has 1 aromatic heterocycles. The van der Waals surface area contributed by atoms with Crippen molar-refractivity contribution >= 4 is 17.0 Å². The van der Waals surface area contributed by atoms with Gasteiger partial charge in [0.05, 0.1) is 17.4 Å². The van der Waals surface area contributed by atoms with Crippen LogP contribution in [-0.2, 0) is 10.2 Å². The number of benzene rings is 1. The number of carboxylic acid groups (broad SMARTS) is 1. The summed E-state index contributed by atoms with van der Waals surface area (Å²) < 4.78 is 0. The summed E-state index contributed by atoms with van der Waals surface area (Å²) in [5.74, 6) is -1.16. The van der Waals surface area contributed by atoms with Crippen LogP contribution in [0.4, 0.5) is 0 Å². The summed E-state index contributed by atoms with van der Waals surface area (Å²) in [4.78, 5) is 18.0. The van der Waals surface area contributed by atoms with Gasteiger partial charge in [0.25, 0.3) is 0 Å². The molecule has 1 fully saturated rings. The Morgan fingerprint density at radius 3 is 2.88 bits per heavy atom. The molecule has 3 N–H and O–H groups in total. The average Bonchev–Trinajstić information content (AvgIpc) is 2.99. The number of carboxylic acids is 1. The third kappa shape index (κ3) is 1.43. The van der Waals surface area contributed by atoms with Gasteiger partial charge in [-0.15, -0.1) is 0 Å². The van der Waals surface area contributed by atoms with Crippen molar-refractivity contribution in [1.29, 1.82) is 0 Å². The van der Waals surface area contributed by atoms with Crippen LogP contribution in [0.3, 0.4) is 0 Å². The summed E-state index contributed by atoms with van der Waals surface area (Å²) in [7, 11) is 0. The van der Waals surface area contributed by atoms with Gasteiger partial charge < -0.3 is 15.2 Å². The van der Waals surface area contributed by atoms with E-state index in [0.29, 0.717) is 12.8 Å². The number of nitrogens with one attached hydrogen (secondary N) is 1. The van der Waals surface area contributed by atoms with E-state index in [4.69, 9.17) is 5.11 Å². The van der Waals surface area contributed by atoms with E-state index in [0.717, 1.165) is 16.6 Å². The molecule has 1 aromatic carbocycles. The highest BCUT2D eigenvalue weighted by atomic mass is 16.4. The van der Waals surface area contributed by atoms with E-state index in [2.05, 4.69) is 9.97 Å². The van der Waals surface area contributed by atoms with Gasteiger partial charge in [-0.3, -0.25) is 0 Å². The van der Waals surface area contributed by atoms with Crippen molar-refractivity contribution in [1.82, 2.24) is 9.97 Å². The zero-order valence-corrected chi connectivity index (χ0v) is 9.05. The third-order valence-corrected chi connectivity index (χ3v) is 3.54. The molecular formula is C12H12N2O3. The van der Waals surface area contributed by atoms with Crippen LogP contribution in [0.1, 0.15) is 18.4 Å². The molecule has 3 rings (SSSR count). The van der Waals surface area contributed by atoms with Gasteiger partial charge in [0.1, 0.15) is 0 Å². The van der Waals surface area contributed by atoms with Gasteiger partial charge in [-0.2, -0.15) is 0 Å². The summed E-state index contributed by atoms with van der Waals surface area (Å²) in [5, 5.41) is 18.7. The Morgan fingerprint density at radius 1 is 1.47 bits per heavy atom. The summed E-state index contributed by atoms with van der Waals surface area (Å²) >= 11 is 0. The van der Waals surface area contributed by atoms with Crippen LogP contribution in [0.15, 0.2) is 24.5 Å². The highest BCUT2D eigenvalue weighted by Crippen LogP contribution is 2.51. The van der Waals surface area contributed by atoms with Crippen LogP contribution in [0.5, 0.6) is 0 Å². The number of H-pyrrole nitrogens is 1. The maximum Gasteiger partial charge on any atom is 0.333 e. The minimum Gasteiger partial charge on any atom is -0.479 e. The van der Waals surface area contributed by atoms with Gasteiger partial charge in [0.2, 0.25) is 0 Å². The van der Waals surface area contributed by atoms with Gasteiger partial charge in [0, 0.05) is 5.41 Å². The number of hydrogen-bond donors (Lipinski definition) is 3. The Kier molecular flexibility index (Phi) is 2.00. The molecule has 5 nitrogen and oxygen atoms in total. The maximum absolute atomic E-state index is 10.9. The molecule has 0 amide bonds. The first kappa shape index (κ1) is 10.3. The van der Waals surface area contributed by atoms with Crippen LogP contribution in [0.25, 0.3) is 11.0 Å². The lowest BCUT2D eigenvalue weighted by Gasteiger charge is -2.19. The fourth-order valence-electron chi connectivity index (χ4n) is 2.34. The number of hydrogen-bond acceptors (Lipinski definition) is 3. The first-order chi connectivity index (χ1) is 8.13. The Morgan fingerprint density at radius 2 is 2.24 bits per heavy atom. The highest BCUT2D eigenvalue weighted by molar-refractivity contribution is 5.79. The van der Waals surface area contributed by atoms with E-state index in [1.165, 1.54) is 0 Å². The number of carbonyl (C=O) groups is 1. The number of fused-ring (bicyclic) bond motifs is 1. The summed E-state index contributed by atoms with van der Waals surface area (Å²) in [6.45, 7) is 0. The normalized spacial score (nSPS) is 19.1. The molecule has 1 aliphatic rings. The molecule has 1 atom stereocenters. The molecule has 17 heavy (non-hydrogen) atoms. The Labute approximate surface area is 97.1 Å². The molecule has 0 saturated heterocycles. The van der Waals surface area contributed by atoms with Crippen molar-refractivity contribution in [3.05, 3.63) is 30.1 Å². The van der Waals surface area contributed by atoms with Crippen molar-refractivity contribution in [2.75, 3.05) is 0 Å². The van der Waals surface area contributed by atoms with E-state index in [1.54, 1.807) is 6.33 Å². The number of aromatic nitrogens is 2. The minimum absolute atomic E-state index is 0.606. The summed E-state index contributed by atoms with van der Waals surface area (Å²) in [6.07, 6.45) is 1.69.